The Morgan fingerprint density at radius 3 is 2.08 bits per heavy atom. The highest BCUT2D eigenvalue weighted by molar-refractivity contribution is 6.30. The number of rotatable bonds is 6. The number of ether oxygens (including phenoxy) is 3. The molecule has 0 aliphatic carbocycles. The zero-order chi connectivity index (χ0) is 27.6. The van der Waals surface area contributed by atoms with Crippen LogP contribution in [0, 0.1) is 0 Å². The summed E-state index contributed by atoms with van der Waals surface area (Å²) >= 11 is 6.14. The minimum atomic E-state index is -1.62. The number of aromatic nitrogens is 1. The first-order chi connectivity index (χ1) is 17.2. The number of nitrogens with zero attached hydrogens (tertiary/aromatic N) is 1. The van der Waals surface area contributed by atoms with Crippen LogP contribution in [-0.4, -0.2) is 40.9 Å². The van der Waals surface area contributed by atoms with Gasteiger partial charge in [-0.25, -0.2) is 9.59 Å². The smallest absolute Gasteiger partial charge is 0.412 e. The fraction of sp³-hybridized carbons (Fsp3) is 0.393. The van der Waals surface area contributed by atoms with Gasteiger partial charge < -0.3 is 18.8 Å². The molecule has 1 heterocycles. The standard InChI is InChI=1S/C28H33ClN2O6/c1-26(2,3)36-23(32)17-28(24(33)35-7,18-11-13-19(29)14-12-18)31-16-15-20-21(9-8-10-22(20)31)30-25(34)37-27(4,5)6/h8-16H,17H2,1-7H3,(H,30,34). The van der Waals surface area contributed by atoms with Crippen molar-refractivity contribution < 1.29 is 28.6 Å². The summed E-state index contributed by atoms with van der Waals surface area (Å²) in [5.41, 5.74) is -1.50. The van der Waals surface area contributed by atoms with Crippen molar-refractivity contribution in [3.05, 3.63) is 65.3 Å². The van der Waals surface area contributed by atoms with E-state index in [2.05, 4.69) is 5.32 Å². The first-order valence-corrected chi connectivity index (χ1v) is 12.2. The van der Waals surface area contributed by atoms with Crippen LogP contribution in [0.5, 0.6) is 0 Å². The van der Waals surface area contributed by atoms with Crippen molar-refractivity contribution in [1.29, 1.82) is 0 Å². The number of esters is 2. The Balaban J connectivity index is 2.22. The first-order valence-electron chi connectivity index (χ1n) is 11.8. The van der Waals surface area contributed by atoms with Gasteiger partial charge in [-0.3, -0.25) is 10.1 Å². The molecule has 0 spiro atoms. The zero-order valence-electron chi connectivity index (χ0n) is 22.2. The van der Waals surface area contributed by atoms with Crippen LogP contribution in [0.3, 0.4) is 0 Å². The monoisotopic (exact) mass is 528 g/mol. The lowest BCUT2D eigenvalue weighted by Crippen LogP contribution is -2.46. The Hall–Kier alpha value is -3.52. The van der Waals surface area contributed by atoms with Gasteiger partial charge in [-0.1, -0.05) is 29.8 Å². The van der Waals surface area contributed by atoms with Crippen LogP contribution < -0.4 is 5.32 Å². The summed E-state index contributed by atoms with van der Waals surface area (Å²) in [6.07, 6.45) is 0.728. The van der Waals surface area contributed by atoms with Gasteiger partial charge in [0.2, 0.25) is 0 Å². The van der Waals surface area contributed by atoms with E-state index >= 15 is 0 Å². The SMILES string of the molecule is COC(=O)C(CC(=O)OC(C)(C)C)(c1ccc(Cl)cc1)n1ccc2c(NC(=O)OC(C)(C)C)cccc21. The van der Waals surface area contributed by atoms with Crippen LogP contribution in [0.1, 0.15) is 53.5 Å². The summed E-state index contributed by atoms with van der Waals surface area (Å²) in [7, 11) is 1.27. The molecule has 1 atom stereocenters. The van der Waals surface area contributed by atoms with E-state index in [1.54, 1.807) is 101 Å². The molecule has 1 unspecified atom stereocenters. The number of halogens is 1. The predicted octanol–water partition coefficient (Wildman–Crippen LogP) is 6.29. The molecule has 1 aromatic heterocycles. The van der Waals surface area contributed by atoms with Gasteiger partial charge >= 0.3 is 18.0 Å². The second-order valence-electron chi connectivity index (χ2n) is 10.7. The number of carbonyl (C=O) groups excluding carboxylic acids is 3. The van der Waals surface area contributed by atoms with Gasteiger partial charge in [0.15, 0.2) is 5.54 Å². The molecular weight excluding hydrogens is 496 g/mol. The maximum atomic E-state index is 13.6. The number of hydrogen-bond donors (Lipinski definition) is 1. The molecule has 0 aliphatic rings. The summed E-state index contributed by atoms with van der Waals surface area (Å²) < 4.78 is 17.9. The van der Waals surface area contributed by atoms with Crippen molar-refractivity contribution in [3.8, 4) is 0 Å². The van der Waals surface area contributed by atoms with Gasteiger partial charge in [-0.2, -0.15) is 0 Å². The van der Waals surface area contributed by atoms with Crippen molar-refractivity contribution in [1.82, 2.24) is 4.57 Å². The molecule has 1 N–H and O–H groups in total. The van der Waals surface area contributed by atoms with Crippen molar-refractivity contribution in [3.63, 3.8) is 0 Å². The Morgan fingerprint density at radius 1 is 0.892 bits per heavy atom. The molecule has 0 bridgehead atoms. The first kappa shape index (κ1) is 28.1. The van der Waals surface area contributed by atoms with Crippen LogP contribution in [-0.2, 0) is 29.3 Å². The summed E-state index contributed by atoms with van der Waals surface area (Å²) in [5.74, 6) is -1.25. The fourth-order valence-electron chi connectivity index (χ4n) is 4.12. The Labute approximate surface area is 221 Å². The maximum Gasteiger partial charge on any atom is 0.412 e. The van der Waals surface area contributed by atoms with Crippen LogP contribution in [0.15, 0.2) is 54.7 Å². The van der Waals surface area contributed by atoms with E-state index in [4.69, 9.17) is 25.8 Å². The molecule has 0 aliphatic heterocycles. The van der Waals surface area contributed by atoms with Gasteiger partial charge in [0.05, 0.1) is 24.7 Å². The summed E-state index contributed by atoms with van der Waals surface area (Å²) in [5, 5.41) is 3.88. The predicted molar refractivity (Wildman–Crippen MR) is 143 cm³/mol. The van der Waals surface area contributed by atoms with Crippen LogP contribution in [0.4, 0.5) is 10.5 Å². The largest absolute Gasteiger partial charge is 0.467 e. The quantitative estimate of drug-likeness (QED) is 0.298. The number of benzene rings is 2. The average molecular weight is 529 g/mol. The van der Waals surface area contributed by atoms with E-state index in [0.717, 1.165) is 0 Å². The van der Waals surface area contributed by atoms with Crippen LogP contribution in [0.25, 0.3) is 10.9 Å². The molecule has 198 valence electrons. The minimum Gasteiger partial charge on any atom is -0.467 e. The molecular formula is C28H33ClN2O6. The van der Waals surface area contributed by atoms with Crippen molar-refractivity contribution >= 4 is 46.2 Å². The third-order valence-corrected chi connectivity index (χ3v) is 5.70. The average Bonchev–Trinajstić information content (AvgIpc) is 3.20. The molecule has 3 rings (SSSR count). The van der Waals surface area contributed by atoms with E-state index in [1.807, 2.05) is 0 Å². The van der Waals surface area contributed by atoms with E-state index in [1.165, 1.54) is 7.11 Å². The lowest BCUT2D eigenvalue weighted by Gasteiger charge is -2.34. The summed E-state index contributed by atoms with van der Waals surface area (Å²) in [4.78, 5) is 39.3. The maximum absolute atomic E-state index is 13.6. The van der Waals surface area contributed by atoms with E-state index in [9.17, 15) is 14.4 Å². The molecule has 3 aromatic rings. The molecule has 0 fully saturated rings. The number of methoxy groups -OCH3 is 1. The lowest BCUT2D eigenvalue weighted by molar-refractivity contribution is -0.163. The van der Waals surface area contributed by atoms with Crippen LogP contribution >= 0.6 is 11.6 Å². The molecule has 8 nitrogen and oxygen atoms in total. The molecule has 2 aromatic carbocycles. The van der Waals surface area contributed by atoms with E-state index < -0.39 is 34.8 Å². The Kier molecular flexibility index (Phi) is 7.93. The highest BCUT2D eigenvalue weighted by Crippen LogP contribution is 2.38. The van der Waals surface area contributed by atoms with Gasteiger partial charge in [-0.15, -0.1) is 0 Å². The third kappa shape index (κ3) is 6.43. The topological polar surface area (TPSA) is 95.9 Å². The molecule has 9 heteroatoms. The van der Waals surface area contributed by atoms with Crippen molar-refractivity contribution in [2.45, 2.75) is 64.7 Å². The fourth-order valence-corrected chi connectivity index (χ4v) is 4.24. The molecule has 0 saturated heterocycles. The number of fused-ring (bicyclic) bond motifs is 1. The second-order valence-corrected chi connectivity index (χ2v) is 11.1. The number of nitrogens with one attached hydrogen (secondary N) is 1. The van der Waals surface area contributed by atoms with Gasteiger partial charge in [0.1, 0.15) is 11.2 Å². The molecule has 0 radical (unpaired) electrons. The molecule has 37 heavy (non-hydrogen) atoms. The molecule has 1 amide bonds. The number of carbonyl (C=O) groups is 3. The number of hydrogen-bond acceptors (Lipinski definition) is 6. The van der Waals surface area contributed by atoms with E-state index in [-0.39, 0.29) is 6.42 Å². The number of amides is 1. The molecule has 0 saturated carbocycles. The van der Waals surface area contributed by atoms with Crippen LogP contribution in [0.2, 0.25) is 5.02 Å². The van der Waals surface area contributed by atoms with Gasteiger partial charge in [0, 0.05) is 16.6 Å². The van der Waals surface area contributed by atoms with Crippen molar-refractivity contribution in [2.24, 2.45) is 0 Å². The highest BCUT2D eigenvalue weighted by Gasteiger charge is 2.47. The lowest BCUT2D eigenvalue weighted by atomic mass is 9.85. The second kappa shape index (κ2) is 10.5. The zero-order valence-corrected chi connectivity index (χ0v) is 22.9. The minimum absolute atomic E-state index is 0.341. The summed E-state index contributed by atoms with van der Waals surface area (Å²) in [6, 6.07) is 13.7. The normalized spacial score (nSPS) is 13.5. The summed E-state index contributed by atoms with van der Waals surface area (Å²) in [6.45, 7) is 10.6. The Morgan fingerprint density at radius 2 is 1.51 bits per heavy atom. The number of anilines is 1. The van der Waals surface area contributed by atoms with E-state index in [0.29, 0.717) is 27.2 Å². The highest BCUT2D eigenvalue weighted by atomic mass is 35.5. The van der Waals surface area contributed by atoms with Gasteiger partial charge in [-0.05, 0) is 77.4 Å². The van der Waals surface area contributed by atoms with Crippen molar-refractivity contribution in [2.75, 3.05) is 12.4 Å². The Bertz CT molecular complexity index is 1300. The van der Waals surface area contributed by atoms with Gasteiger partial charge in [0.25, 0.3) is 0 Å². The third-order valence-electron chi connectivity index (χ3n) is 5.44.